The van der Waals surface area contributed by atoms with Crippen molar-refractivity contribution in [2.45, 2.75) is 26.5 Å². The normalized spacial score (nSPS) is 12.9. The Balaban J connectivity index is 1.82. The highest BCUT2D eigenvalue weighted by molar-refractivity contribution is 7.07. The average Bonchev–Trinajstić information content (AvgIpc) is 2.89. The fraction of sp³-hybridized carbons (Fsp3) is 0.385. The van der Waals surface area contributed by atoms with Crippen LogP contribution in [0.5, 0.6) is 0 Å². The summed E-state index contributed by atoms with van der Waals surface area (Å²) < 4.78 is 5.44. The van der Waals surface area contributed by atoms with E-state index in [2.05, 4.69) is 5.32 Å². The van der Waals surface area contributed by atoms with Crippen molar-refractivity contribution in [3.05, 3.63) is 45.5 Å². The summed E-state index contributed by atoms with van der Waals surface area (Å²) in [5, 5.41) is 17.1. The van der Waals surface area contributed by atoms with E-state index in [0.29, 0.717) is 6.54 Å². The van der Waals surface area contributed by atoms with E-state index in [1.165, 1.54) is 0 Å². The van der Waals surface area contributed by atoms with Gasteiger partial charge in [-0.15, -0.1) is 0 Å². The molecule has 0 bridgehead atoms. The molecule has 2 N–H and O–H groups in total. The van der Waals surface area contributed by atoms with Crippen molar-refractivity contribution in [2.24, 2.45) is 0 Å². The molecule has 4 heteroatoms. The second-order valence-electron chi connectivity index (χ2n) is 4.14. The first kappa shape index (κ1) is 12.4. The Morgan fingerprint density at radius 1 is 1.47 bits per heavy atom. The van der Waals surface area contributed by atoms with Crippen molar-refractivity contribution in [1.82, 2.24) is 5.32 Å². The number of aliphatic hydroxyl groups is 1. The Bertz CT molecular complexity index is 462. The highest BCUT2D eigenvalue weighted by atomic mass is 32.1. The fourth-order valence-corrected chi connectivity index (χ4v) is 2.49. The van der Waals surface area contributed by atoms with Gasteiger partial charge in [0.2, 0.25) is 0 Å². The summed E-state index contributed by atoms with van der Waals surface area (Å²) in [6.45, 7) is 5.18. The van der Waals surface area contributed by atoms with Gasteiger partial charge < -0.3 is 14.8 Å². The molecule has 0 spiro atoms. The van der Waals surface area contributed by atoms with E-state index in [-0.39, 0.29) is 0 Å². The largest absolute Gasteiger partial charge is 0.466 e. The van der Waals surface area contributed by atoms with Crippen molar-refractivity contribution in [3.8, 4) is 0 Å². The summed E-state index contributed by atoms with van der Waals surface area (Å²) in [6.07, 6.45) is -0.436. The van der Waals surface area contributed by atoms with Crippen molar-refractivity contribution in [3.63, 3.8) is 0 Å². The van der Waals surface area contributed by atoms with Crippen molar-refractivity contribution in [1.29, 1.82) is 0 Å². The Morgan fingerprint density at radius 3 is 2.88 bits per heavy atom. The maximum absolute atomic E-state index is 9.88. The number of rotatable bonds is 5. The Kier molecular flexibility index (Phi) is 3.99. The molecule has 3 nitrogen and oxygen atoms in total. The highest BCUT2D eigenvalue weighted by Crippen LogP contribution is 2.16. The summed E-state index contributed by atoms with van der Waals surface area (Å²) in [5.41, 5.74) is 2.13. The number of hydrogen-bond acceptors (Lipinski definition) is 4. The van der Waals surface area contributed by atoms with E-state index >= 15 is 0 Å². The molecule has 0 aromatic carbocycles. The molecule has 2 aromatic heterocycles. The third kappa shape index (κ3) is 3.19. The molecule has 2 aromatic rings. The Morgan fingerprint density at radius 2 is 2.29 bits per heavy atom. The van der Waals surface area contributed by atoms with Crippen LogP contribution in [0.15, 0.2) is 27.3 Å². The maximum atomic E-state index is 9.88. The molecule has 0 fully saturated rings. The number of hydrogen-bond donors (Lipinski definition) is 2. The number of furan rings is 1. The molecule has 0 saturated carbocycles. The topological polar surface area (TPSA) is 45.4 Å². The molecule has 1 unspecified atom stereocenters. The first-order valence-corrected chi connectivity index (χ1v) is 6.58. The monoisotopic (exact) mass is 251 g/mol. The highest BCUT2D eigenvalue weighted by Gasteiger charge is 2.08. The van der Waals surface area contributed by atoms with Crippen LogP contribution in [0.4, 0.5) is 0 Å². The van der Waals surface area contributed by atoms with Gasteiger partial charge in [-0.05, 0) is 42.3 Å². The third-order valence-corrected chi connectivity index (χ3v) is 3.43. The lowest BCUT2D eigenvalue weighted by molar-refractivity contribution is 0.175. The molecule has 92 valence electrons. The van der Waals surface area contributed by atoms with Crippen molar-refractivity contribution in [2.75, 3.05) is 6.54 Å². The van der Waals surface area contributed by atoms with Crippen LogP contribution >= 0.6 is 11.3 Å². The molecule has 0 aliphatic carbocycles. The molecule has 0 amide bonds. The summed E-state index contributed by atoms with van der Waals surface area (Å²) in [4.78, 5) is 0. The summed E-state index contributed by atoms with van der Waals surface area (Å²) in [5.74, 6) is 1.87. The SMILES string of the molecule is Cc1cc(CNCC(O)c2ccsc2)c(C)o1. The van der Waals surface area contributed by atoms with Crippen LogP contribution < -0.4 is 5.32 Å². The maximum Gasteiger partial charge on any atom is 0.105 e. The van der Waals surface area contributed by atoms with Crippen LogP contribution in [0.2, 0.25) is 0 Å². The molecule has 0 radical (unpaired) electrons. The molecule has 1 atom stereocenters. The Labute approximate surface area is 105 Å². The predicted molar refractivity (Wildman–Crippen MR) is 69.2 cm³/mol. The second-order valence-corrected chi connectivity index (χ2v) is 4.92. The zero-order valence-corrected chi connectivity index (χ0v) is 10.9. The molecule has 17 heavy (non-hydrogen) atoms. The zero-order valence-electron chi connectivity index (χ0n) is 10.1. The molecule has 0 saturated heterocycles. The predicted octanol–water partition coefficient (Wildman–Crippen LogP) is 2.78. The molecule has 0 aliphatic heterocycles. The van der Waals surface area contributed by atoms with Crippen LogP contribution in [-0.2, 0) is 6.54 Å². The lowest BCUT2D eigenvalue weighted by Gasteiger charge is -2.09. The zero-order chi connectivity index (χ0) is 12.3. The number of aliphatic hydroxyl groups excluding tert-OH is 1. The van der Waals surface area contributed by atoms with E-state index in [4.69, 9.17) is 4.42 Å². The number of nitrogens with one attached hydrogen (secondary N) is 1. The first-order chi connectivity index (χ1) is 8.16. The number of thiophene rings is 1. The summed E-state index contributed by atoms with van der Waals surface area (Å²) >= 11 is 1.60. The minimum Gasteiger partial charge on any atom is -0.466 e. The van der Waals surface area contributed by atoms with Crippen molar-refractivity contribution >= 4 is 11.3 Å². The van der Waals surface area contributed by atoms with Gasteiger partial charge in [-0.3, -0.25) is 0 Å². The van der Waals surface area contributed by atoms with E-state index in [0.717, 1.165) is 29.2 Å². The summed E-state index contributed by atoms with van der Waals surface area (Å²) in [7, 11) is 0. The van der Waals surface area contributed by atoms with Gasteiger partial charge >= 0.3 is 0 Å². The van der Waals surface area contributed by atoms with E-state index in [1.807, 2.05) is 36.7 Å². The molecule has 0 aliphatic rings. The van der Waals surface area contributed by atoms with Gasteiger partial charge in [0.1, 0.15) is 11.5 Å². The van der Waals surface area contributed by atoms with Crippen LogP contribution in [0.3, 0.4) is 0 Å². The quantitative estimate of drug-likeness (QED) is 0.859. The lowest BCUT2D eigenvalue weighted by atomic mass is 10.2. The number of aryl methyl sites for hydroxylation is 2. The van der Waals surface area contributed by atoms with Gasteiger partial charge in [-0.1, -0.05) is 0 Å². The van der Waals surface area contributed by atoms with Crippen LogP contribution in [0.1, 0.15) is 28.8 Å². The minimum absolute atomic E-state index is 0.436. The van der Waals surface area contributed by atoms with Crippen LogP contribution in [0, 0.1) is 13.8 Å². The smallest absolute Gasteiger partial charge is 0.105 e. The molecular formula is C13H17NO2S. The standard InChI is InChI=1S/C13H17NO2S/c1-9-5-12(10(2)16-9)6-14-7-13(15)11-3-4-17-8-11/h3-5,8,13-15H,6-7H2,1-2H3. The van der Waals surface area contributed by atoms with Gasteiger partial charge in [0, 0.05) is 18.7 Å². The molecular weight excluding hydrogens is 234 g/mol. The second kappa shape index (κ2) is 5.49. The average molecular weight is 251 g/mol. The van der Waals surface area contributed by atoms with Crippen LogP contribution in [0.25, 0.3) is 0 Å². The molecule has 2 rings (SSSR count). The summed E-state index contributed by atoms with van der Waals surface area (Å²) in [6, 6.07) is 3.98. The van der Waals surface area contributed by atoms with Gasteiger partial charge in [-0.25, -0.2) is 0 Å². The van der Waals surface area contributed by atoms with E-state index in [9.17, 15) is 5.11 Å². The van der Waals surface area contributed by atoms with Gasteiger partial charge in [0.25, 0.3) is 0 Å². The fourth-order valence-electron chi connectivity index (χ4n) is 1.78. The minimum atomic E-state index is -0.436. The van der Waals surface area contributed by atoms with Gasteiger partial charge in [0.15, 0.2) is 0 Å². The third-order valence-electron chi connectivity index (χ3n) is 2.72. The Hall–Kier alpha value is -1.10. The van der Waals surface area contributed by atoms with E-state index in [1.54, 1.807) is 11.3 Å². The van der Waals surface area contributed by atoms with Gasteiger partial charge in [0.05, 0.1) is 6.10 Å². The molecule has 2 heterocycles. The van der Waals surface area contributed by atoms with Gasteiger partial charge in [-0.2, -0.15) is 11.3 Å². The lowest BCUT2D eigenvalue weighted by Crippen LogP contribution is -2.20. The first-order valence-electron chi connectivity index (χ1n) is 5.63. The van der Waals surface area contributed by atoms with E-state index < -0.39 is 6.10 Å². The van der Waals surface area contributed by atoms with Crippen LogP contribution in [-0.4, -0.2) is 11.7 Å². The van der Waals surface area contributed by atoms with Crippen molar-refractivity contribution < 1.29 is 9.52 Å².